The molecular weight excluding hydrogens is 472 g/mol. The average Bonchev–Trinajstić information content (AvgIpc) is 2.88. The van der Waals surface area contributed by atoms with Crippen LogP contribution in [0.15, 0.2) is 60.7 Å². The highest BCUT2D eigenvalue weighted by molar-refractivity contribution is 5.58. The van der Waals surface area contributed by atoms with E-state index in [1.165, 1.54) is 0 Å². The second-order valence-electron chi connectivity index (χ2n) is 10.9. The van der Waals surface area contributed by atoms with Gasteiger partial charge in [0, 0.05) is 51.1 Å². The summed E-state index contributed by atoms with van der Waals surface area (Å²) in [7, 11) is 0. The second-order valence-corrected chi connectivity index (χ2v) is 10.9. The van der Waals surface area contributed by atoms with Crippen molar-refractivity contribution >= 4 is 0 Å². The van der Waals surface area contributed by atoms with Crippen LogP contribution in [-0.4, -0.2) is 20.4 Å². The molecule has 38 heavy (non-hydrogen) atoms. The highest BCUT2D eigenvalue weighted by atomic mass is 16.3. The molecule has 0 aliphatic carbocycles. The van der Waals surface area contributed by atoms with Crippen molar-refractivity contribution in [2.75, 3.05) is 0 Å². The third kappa shape index (κ3) is 5.08. The molecule has 0 aromatic heterocycles. The molecule has 0 radical (unpaired) electrons. The van der Waals surface area contributed by atoms with Gasteiger partial charge in [-0.05, 0) is 39.8 Å². The number of aryl methyl sites for hydroxylation is 4. The third-order valence-corrected chi connectivity index (χ3v) is 7.79. The summed E-state index contributed by atoms with van der Waals surface area (Å²) < 4.78 is 0. The van der Waals surface area contributed by atoms with Crippen molar-refractivity contribution in [3.63, 3.8) is 0 Å². The van der Waals surface area contributed by atoms with Crippen LogP contribution in [0.3, 0.4) is 0 Å². The number of hydrogen-bond acceptors (Lipinski definition) is 4. The van der Waals surface area contributed by atoms with Gasteiger partial charge in [-0.15, -0.1) is 0 Å². The van der Waals surface area contributed by atoms with Crippen LogP contribution in [0.5, 0.6) is 23.0 Å². The van der Waals surface area contributed by atoms with E-state index < -0.39 is 0 Å². The van der Waals surface area contributed by atoms with Gasteiger partial charge in [0.1, 0.15) is 23.0 Å². The Hall–Kier alpha value is -3.92. The summed E-state index contributed by atoms with van der Waals surface area (Å²) in [5.74, 6) is -0.0185. The van der Waals surface area contributed by atoms with Gasteiger partial charge in [-0.2, -0.15) is 0 Å². The van der Waals surface area contributed by atoms with Gasteiger partial charge in [0.25, 0.3) is 0 Å². The predicted molar refractivity (Wildman–Crippen MR) is 154 cm³/mol. The zero-order chi connectivity index (χ0) is 27.9. The summed E-state index contributed by atoms with van der Waals surface area (Å²) in [6.45, 7) is 13.9. The van der Waals surface area contributed by atoms with E-state index in [0.29, 0.717) is 0 Å². The molecule has 0 spiro atoms. The second kappa shape index (κ2) is 10.4. The zero-order valence-electron chi connectivity index (χ0n) is 23.3. The quantitative estimate of drug-likeness (QED) is 0.211. The molecule has 4 aromatic rings. The van der Waals surface area contributed by atoms with Gasteiger partial charge in [-0.1, -0.05) is 91.6 Å². The van der Waals surface area contributed by atoms with E-state index in [4.69, 9.17) is 0 Å². The summed E-state index contributed by atoms with van der Waals surface area (Å²) in [5.41, 5.74) is 8.49. The maximum atomic E-state index is 11.5. The first-order valence-electron chi connectivity index (χ1n) is 13.1. The fraction of sp³-hybridized carbons (Fsp3) is 0.294. The number of aromatic hydroxyl groups is 4. The lowest BCUT2D eigenvalue weighted by molar-refractivity contribution is 0.444. The number of phenolic OH excluding ortho intramolecular Hbond substituents is 4. The van der Waals surface area contributed by atoms with E-state index in [0.717, 1.165) is 55.6 Å². The van der Waals surface area contributed by atoms with E-state index in [9.17, 15) is 20.4 Å². The Morgan fingerprint density at radius 2 is 0.658 bits per heavy atom. The molecule has 0 fully saturated rings. The Balaban J connectivity index is 1.81. The molecule has 0 aliphatic rings. The molecule has 0 saturated heterocycles. The van der Waals surface area contributed by atoms with Gasteiger partial charge >= 0.3 is 0 Å². The molecule has 198 valence electrons. The third-order valence-electron chi connectivity index (χ3n) is 7.79. The Labute approximate surface area is 225 Å². The summed E-state index contributed by atoms with van der Waals surface area (Å²) in [6.07, 6.45) is 0. The lowest BCUT2D eigenvalue weighted by Crippen LogP contribution is -2.06. The van der Waals surface area contributed by atoms with Crippen LogP contribution in [0.25, 0.3) is 0 Å². The minimum Gasteiger partial charge on any atom is -0.508 e. The smallest absolute Gasteiger partial charge is 0.123 e. The van der Waals surface area contributed by atoms with Gasteiger partial charge < -0.3 is 20.4 Å². The van der Waals surface area contributed by atoms with Crippen molar-refractivity contribution in [1.29, 1.82) is 0 Å². The SMILES string of the molecule is Cc1ccc(O)c(C(C)c2cc(C)cc(C(C)c3cc(C)cc(C(C)c4cc(C)ccc4O)c3O)c2O)c1. The molecule has 0 saturated carbocycles. The Kier molecular flexibility index (Phi) is 7.46. The molecule has 0 aliphatic heterocycles. The Bertz CT molecular complexity index is 1390. The molecular formula is C34H38O4. The topological polar surface area (TPSA) is 80.9 Å². The van der Waals surface area contributed by atoms with Crippen LogP contribution < -0.4 is 0 Å². The van der Waals surface area contributed by atoms with Crippen molar-refractivity contribution in [2.45, 2.75) is 66.2 Å². The van der Waals surface area contributed by atoms with E-state index in [2.05, 4.69) is 0 Å². The number of benzene rings is 4. The van der Waals surface area contributed by atoms with E-state index in [-0.39, 0.29) is 40.8 Å². The molecule has 2 atom stereocenters. The minimum atomic E-state index is -0.302. The summed E-state index contributed by atoms with van der Waals surface area (Å²) >= 11 is 0. The van der Waals surface area contributed by atoms with Crippen LogP contribution in [0.2, 0.25) is 0 Å². The van der Waals surface area contributed by atoms with Gasteiger partial charge in [0.2, 0.25) is 0 Å². The van der Waals surface area contributed by atoms with Crippen LogP contribution in [0, 0.1) is 27.7 Å². The fourth-order valence-corrected chi connectivity index (χ4v) is 5.54. The summed E-state index contributed by atoms with van der Waals surface area (Å²) in [4.78, 5) is 0. The fourth-order valence-electron chi connectivity index (χ4n) is 5.54. The Morgan fingerprint density at radius 1 is 0.395 bits per heavy atom. The lowest BCUT2D eigenvalue weighted by Gasteiger charge is -2.24. The first kappa shape index (κ1) is 27.1. The molecule has 0 bridgehead atoms. The van der Waals surface area contributed by atoms with Crippen molar-refractivity contribution < 1.29 is 20.4 Å². The highest BCUT2D eigenvalue weighted by Crippen LogP contribution is 2.45. The molecule has 4 aromatic carbocycles. The summed E-state index contributed by atoms with van der Waals surface area (Å²) in [6, 6.07) is 18.9. The number of hydrogen-bond donors (Lipinski definition) is 4. The molecule has 4 heteroatoms. The zero-order valence-corrected chi connectivity index (χ0v) is 23.3. The van der Waals surface area contributed by atoms with Crippen molar-refractivity contribution in [1.82, 2.24) is 0 Å². The van der Waals surface area contributed by atoms with Crippen LogP contribution in [-0.2, 0) is 0 Å². The maximum absolute atomic E-state index is 11.5. The molecule has 4 nitrogen and oxygen atoms in total. The molecule has 4 N–H and O–H groups in total. The van der Waals surface area contributed by atoms with E-state index >= 15 is 0 Å². The summed E-state index contributed by atoms with van der Waals surface area (Å²) in [5, 5.41) is 44.1. The monoisotopic (exact) mass is 510 g/mol. The van der Waals surface area contributed by atoms with Crippen LogP contribution in [0.4, 0.5) is 0 Å². The van der Waals surface area contributed by atoms with Gasteiger partial charge in [-0.25, -0.2) is 0 Å². The molecule has 2 unspecified atom stereocenters. The largest absolute Gasteiger partial charge is 0.508 e. The minimum absolute atomic E-state index is 0.170. The molecule has 4 rings (SSSR count). The standard InChI is InChI=1S/C34H38O4/c1-18-8-10-31(35)25(12-18)22(5)27-14-20(3)16-29(33(27)37)24(7)30-17-21(4)15-28(34(30)38)23(6)26-13-19(2)9-11-32(26)36/h8-17,22-24,35-38H,1-7H3. The maximum Gasteiger partial charge on any atom is 0.123 e. The van der Waals surface area contributed by atoms with Gasteiger partial charge in [0.15, 0.2) is 0 Å². The van der Waals surface area contributed by atoms with E-state index in [1.807, 2.05) is 97.0 Å². The normalized spacial score (nSPS) is 13.8. The first-order chi connectivity index (χ1) is 17.9. The Morgan fingerprint density at radius 3 is 0.974 bits per heavy atom. The lowest BCUT2D eigenvalue weighted by atomic mass is 9.82. The molecule has 0 amide bonds. The van der Waals surface area contributed by atoms with Crippen molar-refractivity contribution in [3.8, 4) is 23.0 Å². The van der Waals surface area contributed by atoms with Gasteiger partial charge in [0.05, 0.1) is 0 Å². The number of rotatable bonds is 6. The predicted octanol–water partition coefficient (Wildman–Crippen LogP) is 8.20. The van der Waals surface area contributed by atoms with E-state index in [1.54, 1.807) is 12.1 Å². The van der Waals surface area contributed by atoms with Crippen molar-refractivity contribution in [3.05, 3.63) is 116 Å². The van der Waals surface area contributed by atoms with Crippen LogP contribution >= 0.6 is 0 Å². The van der Waals surface area contributed by atoms with Crippen LogP contribution in [0.1, 0.15) is 94.2 Å². The molecule has 0 heterocycles. The highest BCUT2D eigenvalue weighted by Gasteiger charge is 2.26. The van der Waals surface area contributed by atoms with Gasteiger partial charge in [-0.3, -0.25) is 0 Å². The first-order valence-corrected chi connectivity index (χ1v) is 13.1. The average molecular weight is 511 g/mol. The van der Waals surface area contributed by atoms with Crippen molar-refractivity contribution in [2.24, 2.45) is 0 Å². The number of phenols is 4.